The summed E-state index contributed by atoms with van der Waals surface area (Å²) in [7, 11) is 0. The van der Waals surface area contributed by atoms with Crippen LogP contribution in [0.4, 0.5) is 0 Å². The van der Waals surface area contributed by atoms with Crippen LogP contribution in [0.15, 0.2) is 18.2 Å². The molecule has 0 aromatic heterocycles. The molecular formula is C13H18N2O2. The van der Waals surface area contributed by atoms with Gasteiger partial charge in [0.25, 0.3) is 0 Å². The van der Waals surface area contributed by atoms with Crippen molar-refractivity contribution in [3.05, 3.63) is 29.3 Å². The van der Waals surface area contributed by atoms with E-state index in [1.807, 2.05) is 25.1 Å². The van der Waals surface area contributed by atoms with Crippen molar-refractivity contribution in [3.8, 4) is 5.75 Å². The van der Waals surface area contributed by atoms with E-state index in [1.54, 1.807) is 0 Å². The maximum absolute atomic E-state index is 7.42. The van der Waals surface area contributed by atoms with E-state index < -0.39 is 0 Å². The number of rotatable bonds is 3. The third-order valence-electron chi connectivity index (χ3n) is 2.91. The lowest BCUT2D eigenvalue weighted by Gasteiger charge is -2.24. The number of benzene rings is 1. The highest BCUT2D eigenvalue weighted by Crippen LogP contribution is 2.23. The Balaban J connectivity index is 2.13. The third kappa shape index (κ3) is 2.97. The van der Waals surface area contributed by atoms with E-state index >= 15 is 0 Å². The van der Waals surface area contributed by atoms with E-state index in [9.17, 15) is 0 Å². The molecule has 1 saturated heterocycles. The zero-order valence-electron chi connectivity index (χ0n) is 10.0. The minimum Gasteiger partial charge on any atom is -0.488 e. The van der Waals surface area contributed by atoms with E-state index in [4.69, 9.17) is 20.6 Å². The first-order chi connectivity index (χ1) is 8.16. The molecule has 2 rings (SSSR count). The van der Waals surface area contributed by atoms with Gasteiger partial charge in [-0.3, -0.25) is 5.41 Å². The van der Waals surface area contributed by atoms with Gasteiger partial charge in [0.05, 0.1) is 6.61 Å². The van der Waals surface area contributed by atoms with E-state index in [-0.39, 0.29) is 11.9 Å². The summed E-state index contributed by atoms with van der Waals surface area (Å²) >= 11 is 0. The molecule has 1 aromatic carbocycles. The molecule has 0 bridgehead atoms. The van der Waals surface area contributed by atoms with Crippen LogP contribution in [0.5, 0.6) is 5.75 Å². The van der Waals surface area contributed by atoms with Crippen molar-refractivity contribution in [2.75, 3.05) is 13.2 Å². The van der Waals surface area contributed by atoms with Gasteiger partial charge in [-0.25, -0.2) is 0 Å². The van der Waals surface area contributed by atoms with Crippen molar-refractivity contribution in [1.82, 2.24) is 0 Å². The molecule has 4 nitrogen and oxygen atoms in total. The largest absolute Gasteiger partial charge is 0.488 e. The monoisotopic (exact) mass is 234 g/mol. The lowest BCUT2D eigenvalue weighted by molar-refractivity contribution is 0.00715. The molecule has 1 aliphatic rings. The summed E-state index contributed by atoms with van der Waals surface area (Å²) in [6.45, 7) is 3.46. The van der Waals surface area contributed by atoms with Gasteiger partial charge in [0.15, 0.2) is 0 Å². The number of hydrogen-bond donors (Lipinski definition) is 2. The van der Waals surface area contributed by atoms with Crippen LogP contribution in [-0.2, 0) is 4.74 Å². The molecule has 1 heterocycles. The lowest BCUT2D eigenvalue weighted by atomic mass is 10.1. The Kier molecular flexibility index (Phi) is 3.64. The average molecular weight is 234 g/mol. The molecule has 92 valence electrons. The van der Waals surface area contributed by atoms with Crippen LogP contribution in [0.25, 0.3) is 0 Å². The van der Waals surface area contributed by atoms with Crippen molar-refractivity contribution in [1.29, 1.82) is 5.41 Å². The van der Waals surface area contributed by atoms with Crippen LogP contribution in [0.1, 0.15) is 24.0 Å². The minimum absolute atomic E-state index is 0.0646. The number of hydrogen-bond acceptors (Lipinski definition) is 3. The minimum atomic E-state index is 0.0646. The van der Waals surface area contributed by atoms with Gasteiger partial charge in [-0.05, 0) is 31.4 Å². The standard InChI is InChI=1S/C13H18N2O2/c1-9-4-5-10(13(14)15)7-12(9)17-11-3-2-6-16-8-11/h4-5,7,11H,2-3,6,8H2,1H3,(H3,14,15). The van der Waals surface area contributed by atoms with E-state index in [1.165, 1.54) is 0 Å². The molecule has 3 N–H and O–H groups in total. The van der Waals surface area contributed by atoms with Gasteiger partial charge in [0.1, 0.15) is 17.7 Å². The molecule has 0 saturated carbocycles. The zero-order chi connectivity index (χ0) is 12.3. The first-order valence-electron chi connectivity index (χ1n) is 5.86. The second-order valence-corrected chi connectivity index (χ2v) is 4.35. The molecule has 1 aliphatic heterocycles. The van der Waals surface area contributed by atoms with Gasteiger partial charge in [-0.2, -0.15) is 0 Å². The predicted molar refractivity (Wildman–Crippen MR) is 66.7 cm³/mol. The van der Waals surface area contributed by atoms with Gasteiger partial charge >= 0.3 is 0 Å². The van der Waals surface area contributed by atoms with Gasteiger partial charge in [0, 0.05) is 12.2 Å². The summed E-state index contributed by atoms with van der Waals surface area (Å²) in [5.74, 6) is 0.864. The highest BCUT2D eigenvalue weighted by Gasteiger charge is 2.16. The molecule has 4 heteroatoms. The molecule has 0 aliphatic carbocycles. The lowest BCUT2D eigenvalue weighted by Crippen LogP contribution is -2.28. The number of aryl methyl sites for hydroxylation is 1. The highest BCUT2D eigenvalue weighted by molar-refractivity contribution is 5.95. The smallest absolute Gasteiger partial charge is 0.123 e. The number of nitrogen functional groups attached to an aromatic ring is 1. The van der Waals surface area contributed by atoms with Crippen molar-refractivity contribution in [2.45, 2.75) is 25.9 Å². The van der Waals surface area contributed by atoms with Crippen LogP contribution in [0, 0.1) is 12.3 Å². The van der Waals surface area contributed by atoms with Crippen LogP contribution in [0.2, 0.25) is 0 Å². The summed E-state index contributed by atoms with van der Waals surface area (Å²) < 4.78 is 11.3. The summed E-state index contributed by atoms with van der Waals surface area (Å²) in [5, 5.41) is 7.42. The maximum atomic E-state index is 7.42. The molecule has 0 radical (unpaired) electrons. The fourth-order valence-electron chi connectivity index (χ4n) is 1.88. The Labute approximate surface area is 101 Å². The van der Waals surface area contributed by atoms with Crippen molar-refractivity contribution < 1.29 is 9.47 Å². The van der Waals surface area contributed by atoms with E-state index in [2.05, 4.69) is 0 Å². The third-order valence-corrected chi connectivity index (χ3v) is 2.91. The van der Waals surface area contributed by atoms with Crippen LogP contribution in [-0.4, -0.2) is 25.2 Å². The van der Waals surface area contributed by atoms with E-state index in [0.29, 0.717) is 12.2 Å². The summed E-state index contributed by atoms with van der Waals surface area (Å²) in [5.41, 5.74) is 7.22. The van der Waals surface area contributed by atoms with Crippen molar-refractivity contribution >= 4 is 5.84 Å². The normalized spacial score (nSPS) is 19.9. The van der Waals surface area contributed by atoms with Crippen LogP contribution < -0.4 is 10.5 Å². The van der Waals surface area contributed by atoms with Gasteiger partial charge in [0.2, 0.25) is 0 Å². The predicted octanol–water partition coefficient (Wildman–Crippen LogP) is 1.84. The van der Waals surface area contributed by atoms with Crippen LogP contribution >= 0.6 is 0 Å². The van der Waals surface area contributed by atoms with Gasteiger partial charge < -0.3 is 15.2 Å². The molecule has 0 spiro atoms. The molecule has 1 aromatic rings. The molecular weight excluding hydrogens is 216 g/mol. The molecule has 1 atom stereocenters. The summed E-state index contributed by atoms with van der Waals surface area (Å²) in [6.07, 6.45) is 2.17. The van der Waals surface area contributed by atoms with E-state index in [0.717, 1.165) is 30.8 Å². The first-order valence-corrected chi connectivity index (χ1v) is 5.86. The molecule has 1 unspecified atom stereocenters. The quantitative estimate of drug-likeness (QED) is 0.619. The summed E-state index contributed by atoms with van der Waals surface area (Å²) in [6, 6.07) is 5.59. The molecule has 0 amide bonds. The number of nitrogens with one attached hydrogen (secondary N) is 1. The zero-order valence-corrected chi connectivity index (χ0v) is 10.0. The maximum Gasteiger partial charge on any atom is 0.123 e. The number of nitrogens with two attached hydrogens (primary N) is 1. The first kappa shape index (κ1) is 11.9. The topological polar surface area (TPSA) is 68.3 Å². The number of ether oxygens (including phenoxy) is 2. The second kappa shape index (κ2) is 5.19. The Bertz CT molecular complexity index is 412. The fraction of sp³-hybridized carbons (Fsp3) is 0.462. The Morgan fingerprint density at radius 1 is 1.53 bits per heavy atom. The SMILES string of the molecule is Cc1ccc(C(=N)N)cc1OC1CCCOC1. The van der Waals surface area contributed by atoms with Crippen LogP contribution in [0.3, 0.4) is 0 Å². The summed E-state index contributed by atoms with van der Waals surface area (Å²) in [4.78, 5) is 0. The van der Waals surface area contributed by atoms with Gasteiger partial charge in [-0.1, -0.05) is 12.1 Å². The van der Waals surface area contributed by atoms with Gasteiger partial charge in [-0.15, -0.1) is 0 Å². The average Bonchev–Trinajstić information content (AvgIpc) is 2.33. The molecule has 17 heavy (non-hydrogen) atoms. The van der Waals surface area contributed by atoms with Crippen molar-refractivity contribution in [2.24, 2.45) is 5.73 Å². The highest BCUT2D eigenvalue weighted by atomic mass is 16.5. The number of amidine groups is 1. The fourth-order valence-corrected chi connectivity index (χ4v) is 1.88. The second-order valence-electron chi connectivity index (χ2n) is 4.35. The Morgan fingerprint density at radius 3 is 3.00 bits per heavy atom. The molecule has 1 fully saturated rings. The van der Waals surface area contributed by atoms with Crippen molar-refractivity contribution in [3.63, 3.8) is 0 Å². The Hall–Kier alpha value is -1.55. The Morgan fingerprint density at radius 2 is 2.35 bits per heavy atom.